The van der Waals surface area contributed by atoms with Crippen LogP contribution >= 0.6 is 0 Å². The summed E-state index contributed by atoms with van der Waals surface area (Å²) in [6.07, 6.45) is -3.94. The van der Waals surface area contributed by atoms with E-state index in [-0.39, 0.29) is 13.0 Å². The van der Waals surface area contributed by atoms with Crippen molar-refractivity contribution in [3.8, 4) is 17.2 Å². The summed E-state index contributed by atoms with van der Waals surface area (Å²) in [4.78, 5) is 0. The fourth-order valence-electron chi connectivity index (χ4n) is 3.07. The molecule has 2 unspecified atom stereocenters. The summed E-state index contributed by atoms with van der Waals surface area (Å²) in [5, 5.41) is 39.4. The highest BCUT2D eigenvalue weighted by Gasteiger charge is 2.38. The largest absolute Gasteiger partial charge is 0.493 e. The Balaban J connectivity index is 1.96. The minimum atomic E-state index is -1.27. The van der Waals surface area contributed by atoms with Crippen molar-refractivity contribution >= 4 is 0 Å². The van der Waals surface area contributed by atoms with Crippen molar-refractivity contribution in [3.05, 3.63) is 17.7 Å². The van der Waals surface area contributed by atoms with E-state index in [1.54, 1.807) is 0 Å². The molecule has 8 heteroatoms. The van der Waals surface area contributed by atoms with Crippen molar-refractivity contribution in [2.75, 3.05) is 27.9 Å². The van der Waals surface area contributed by atoms with Crippen LogP contribution in [-0.2, 0) is 11.2 Å². The summed E-state index contributed by atoms with van der Waals surface area (Å²) in [5.41, 5.74) is 0.902. The van der Waals surface area contributed by atoms with Crippen LogP contribution in [0.1, 0.15) is 18.4 Å². The molecule has 1 saturated heterocycles. The molecule has 1 aliphatic rings. The van der Waals surface area contributed by atoms with Crippen molar-refractivity contribution in [3.63, 3.8) is 0 Å². The first-order chi connectivity index (χ1) is 12.4. The number of rotatable bonds is 8. The second-order valence-electron chi connectivity index (χ2n) is 6.38. The number of aryl methyl sites for hydroxylation is 1. The Bertz CT molecular complexity index is 553. The van der Waals surface area contributed by atoms with E-state index < -0.39 is 30.5 Å². The van der Waals surface area contributed by atoms with E-state index >= 15 is 0 Å². The van der Waals surface area contributed by atoms with Gasteiger partial charge in [0.2, 0.25) is 5.75 Å². The van der Waals surface area contributed by atoms with E-state index in [1.807, 2.05) is 12.1 Å². The molecule has 1 aromatic carbocycles. The van der Waals surface area contributed by atoms with Crippen LogP contribution in [0.4, 0.5) is 0 Å². The van der Waals surface area contributed by atoms with E-state index in [0.717, 1.165) is 5.56 Å². The van der Waals surface area contributed by atoms with E-state index in [2.05, 4.69) is 0 Å². The lowest BCUT2D eigenvalue weighted by molar-refractivity contribution is -0.193. The first-order valence-corrected chi connectivity index (χ1v) is 8.54. The van der Waals surface area contributed by atoms with Gasteiger partial charge < -0.3 is 39.4 Å². The van der Waals surface area contributed by atoms with Gasteiger partial charge in [0.15, 0.2) is 11.5 Å². The van der Waals surface area contributed by atoms with Gasteiger partial charge in [0.1, 0.15) is 18.3 Å². The summed E-state index contributed by atoms with van der Waals surface area (Å²) >= 11 is 0. The first-order valence-electron chi connectivity index (χ1n) is 8.54. The maximum atomic E-state index is 10.3. The van der Waals surface area contributed by atoms with Crippen molar-refractivity contribution in [1.29, 1.82) is 0 Å². The van der Waals surface area contributed by atoms with Gasteiger partial charge in [-0.05, 0) is 30.5 Å². The molecule has 0 aliphatic carbocycles. The van der Waals surface area contributed by atoms with Gasteiger partial charge in [-0.1, -0.05) is 0 Å². The third-order valence-corrected chi connectivity index (χ3v) is 4.60. The summed E-state index contributed by atoms with van der Waals surface area (Å²) < 4.78 is 21.2. The van der Waals surface area contributed by atoms with E-state index in [9.17, 15) is 20.4 Å². The highest BCUT2D eigenvalue weighted by molar-refractivity contribution is 5.53. The Kier molecular flexibility index (Phi) is 7.48. The number of benzene rings is 1. The number of hydrogen-bond acceptors (Lipinski definition) is 8. The molecular weight excluding hydrogens is 344 g/mol. The summed E-state index contributed by atoms with van der Waals surface area (Å²) in [6.45, 7) is -0.0670. The molecule has 1 heterocycles. The zero-order valence-electron chi connectivity index (χ0n) is 15.3. The van der Waals surface area contributed by atoms with Crippen molar-refractivity contribution < 1.29 is 39.4 Å². The number of methoxy groups -OCH3 is 3. The van der Waals surface area contributed by atoms with Crippen molar-refractivity contribution in [2.45, 2.75) is 49.8 Å². The molecule has 26 heavy (non-hydrogen) atoms. The average Bonchev–Trinajstić information content (AvgIpc) is 2.65. The molecule has 0 amide bonds. The lowest BCUT2D eigenvalue weighted by atomic mass is 9.94. The maximum Gasteiger partial charge on any atom is 0.203 e. The number of ether oxygens (including phenoxy) is 4. The summed E-state index contributed by atoms with van der Waals surface area (Å²) in [7, 11) is 4.61. The topological polar surface area (TPSA) is 118 Å². The lowest BCUT2D eigenvalue weighted by Gasteiger charge is -2.36. The van der Waals surface area contributed by atoms with Crippen LogP contribution in [0, 0.1) is 0 Å². The molecule has 8 nitrogen and oxygen atoms in total. The van der Waals surface area contributed by atoms with Crippen LogP contribution in [0.2, 0.25) is 0 Å². The van der Waals surface area contributed by atoms with Gasteiger partial charge in [0.05, 0.1) is 40.1 Å². The molecule has 1 aliphatic heterocycles. The smallest absolute Gasteiger partial charge is 0.203 e. The standard InChI is InChI=1S/C18H28O8/c1-23-14-6-10(7-15(24-2)18(14)25-3)4-5-11(19)8-13-17(22)16(21)12(20)9-26-13/h6-7,11-13,16-17,19-22H,4-5,8-9H2,1-3H3/t11-,12?,13+,16?,17-/m0/s1. The highest BCUT2D eigenvalue weighted by Crippen LogP contribution is 2.38. The maximum absolute atomic E-state index is 10.3. The first kappa shape index (κ1) is 20.7. The summed E-state index contributed by atoms with van der Waals surface area (Å²) in [5.74, 6) is 1.59. The van der Waals surface area contributed by atoms with Crippen molar-refractivity contribution in [2.24, 2.45) is 0 Å². The lowest BCUT2D eigenvalue weighted by Crippen LogP contribution is -2.53. The predicted octanol–water partition coefficient (Wildman–Crippen LogP) is -0.123. The molecule has 1 aromatic rings. The monoisotopic (exact) mass is 372 g/mol. The number of hydrogen-bond donors (Lipinski definition) is 4. The van der Waals surface area contributed by atoms with Crippen molar-refractivity contribution in [1.82, 2.24) is 0 Å². The van der Waals surface area contributed by atoms with Crippen LogP contribution in [-0.4, -0.2) is 78.9 Å². The van der Waals surface area contributed by atoms with E-state index in [0.29, 0.717) is 30.1 Å². The zero-order valence-corrected chi connectivity index (χ0v) is 15.3. The van der Waals surface area contributed by atoms with Crippen LogP contribution in [0.25, 0.3) is 0 Å². The van der Waals surface area contributed by atoms with E-state index in [1.165, 1.54) is 21.3 Å². The minimum Gasteiger partial charge on any atom is -0.493 e. The molecule has 0 saturated carbocycles. The zero-order chi connectivity index (χ0) is 19.3. The second-order valence-corrected chi connectivity index (χ2v) is 6.38. The fourth-order valence-corrected chi connectivity index (χ4v) is 3.07. The molecule has 0 spiro atoms. The quantitative estimate of drug-likeness (QED) is 0.499. The van der Waals surface area contributed by atoms with Gasteiger partial charge in [-0.2, -0.15) is 0 Å². The molecule has 1 fully saturated rings. The second kappa shape index (κ2) is 9.38. The van der Waals surface area contributed by atoms with Crippen LogP contribution < -0.4 is 14.2 Å². The van der Waals surface area contributed by atoms with Gasteiger partial charge in [-0.3, -0.25) is 0 Å². The molecule has 148 valence electrons. The molecule has 0 aromatic heterocycles. The molecule has 0 radical (unpaired) electrons. The minimum absolute atomic E-state index is 0.0670. The fraction of sp³-hybridized carbons (Fsp3) is 0.667. The SMILES string of the molecule is COc1cc(CC[C@H](O)C[C@H]2OCC(O)C(O)[C@H]2O)cc(OC)c1OC. The normalized spacial score (nSPS) is 27.0. The van der Waals surface area contributed by atoms with E-state index in [4.69, 9.17) is 18.9 Å². The number of aliphatic hydroxyl groups excluding tert-OH is 4. The Morgan fingerprint density at radius 1 is 1.04 bits per heavy atom. The van der Waals surface area contributed by atoms with Gasteiger partial charge in [0.25, 0.3) is 0 Å². The summed E-state index contributed by atoms with van der Waals surface area (Å²) in [6, 6.07) is 3.64. The molecular formula is C18H28O8. The molecule has 5 atom stereocenters. The van der Waals surface area contributed by atoms with Crippen LogP contribution in [0.3, 0.4) is 0 Å². The Labute approximate surface area is 152 Å². The highest BCUT2D eigenvalue weighted by atomic mass is 16.5. The van der Waals surface area contributed by atoms with Gasteiger partial charge in [-0.25, -0.2) is 0 Å². The average molecular weight is 372 g/mol. The molecule has 0 bridgehead atoms. The third kappa shape index (κ3) is 4.77. The Morgan fingerprint density at radius 3 is 2.19 bits per heavy atom. The van der Waals surface area contributed by atoms with Gasteiger partial charge >= 0.3 is 0 Å². The third-order valence-electron chi connectivity index (χ3n) is 4.60. The van der Waals surface area contributed by atoms with Gasteiger partial charge in [-0.15, -0.1) is 0 Å². The number of aliphatic hydroxyl groups is 4. The van der Waals surface area contributed by atoms with Crippen LogP contribution in [0.5, 0.6) is 17.2 Å². The molecule has 4 N–H and O–H groups in total. The molecule has 2 rings (SSSR count). The van der Waals surface area contributed by atoms with Gasteiger partial charge in [0, 0.05) is 6.42 Å². The Morgan fingerprint density at radius 2 is 1.65 bits per heavy atom. The Hall–Kier alpha value is -1.58. The van der Waals surface area contributed by atoms with Crippen LogP contribution in [0.15, 0.2) is 12.1 Å². The predicted molar refractivity (Wildman–Crippen MR) is 92.8 cm³/mol.